The van der Waals surface area contributed by atoms with Gasteiger partial charge in [-0.25, -0.2) is 14.8 Å². The second kappa shape index (κ2) is 15.4. The normalized spacial score (nSPS) is 19.8. The Kier molecular flexibility index (Phi) is 11.1. The molecule has 2 heterocycles. The fourth-order valence-electron chi connectivity index (χ4n) is 4.79. The number of nitrogens with zero attached hydrogens (tertiary/aromatic N) is 2. The average molecular weight is 624 g/mol. The van der Waals surface area contributed by atoms with Gasteiger partial charge in [0.25, 0.3) is 0 Å². The van der Waals surface area contributed by atoms with Crippen LogP contribution in [0.5, 0.6) is 0 Å². The number of ether oxygens (including phenoxy) is 5. The summed E-state index contributed by atoms with van der Waals surface area (Å²) in [5.74, 6) is -0.711. The van der Waals surface area contributed by atoms with Gasteiger partial charge >= 0.3 is 5.97 Å². The molecule has 0 unspecified atom stereocenters. The highest BCUT2D eigenvalue weighted by Crippen LogP contribution is 2.40. The minimum Gasteiger partial charge on any atom is -0.461 e. The molecule has 0 radical (unpaired) electrons. The molecule has 1 aliphatic rings. The Labute approximate surface area is 260 Å². The maximum atomic E-state index is 12.6. The maximum absolute atomic E-state index is 12.6. The van der Waals surface area contributed by atoms with Crippen molar-refractivity contribution in [3.05, 3.63) is 129 Å². The Morgan fingerprint density at radius 2 is 1.28 bits per heavy atom. The van der Waals surface area contributed by atoms with Crippen LogP contribution in [-0.4, -0.2) is 47.5 Å². The molecule has 4 aromatic rings. The third-order valence-electron chi connectivity index (χ3n) is 6.85. The van der Waals surface area contributed by atoms with Crippen molar-refractivity contribution in [1.82, 2.24) is 9.97 Å². The number of rotatable bonds is 13. The summed E-state index contributed by atoms with van der Waals surface area (Å²) in [4.78, 5) is 21.3. The first-order valence-corrected chi connectivity index (χ1v) is 14.8. The summed E-state index contributed by atoms with van der Waals surface area (Å²) in [6.07, 6.45) is -2.67. The van der Waals surface area contributed by atoms with Crippen LogP contribution in [0.4, 0.5) is 0 Å². The van der Waals surface area contributed by atoms with Gasteiger partial charge in [-0.2, -0.15) is 0 Å². The molecule has 1 aliphatic heterocycles. The van der Waals surface area contributed by atoms with E-state index in [1.165, 1.54) is 0 Å². The fourth-order valence-corrected chi connectivity index (χ4v) is 5.27. The highest BCUT2D eigenvalue weighted by Gasteiger charge is 2.49. The van der Waals surface area contributed by atoms with Crippen LogP contribution in [0.1, 0.15) is 45.9 Å². The van der Waals surface area contributed by atoms with E-state index in [2.05, 4.69) is 9.97 Å². The third kappa shape index (κ3) is 8.17. The smallest absolute Gasteiger partial charge is 0.360 e. The Balaban J connectivity index is 1.46. The van der Waals surface area contributed by atoms with E-state index in [0.717, 1.165) is 16.7 Å². The minimum absolute atomic E-state index is 0.0102. The summed E-state index contributed by atoms with van der Waals surface area (Å²) in [6, 6.07) is 29.5. The number of hydrogen-bond donors (Lipinski definition) is 0. The van der Waals surface area contributed by atoms with Crippen LogP contribution in [0.25, 0.3) is 0 Å². The molecule has 0 N–H and O–H groups in total. The lowest BCUT2D eigenvalue weighted by molar-refractivity contribution is -0.0898. The van der Waals surface area contributed by atoms with Gasteiger partial charge in [0.1, 0.15) is 30.1 Å². The molecular weight excluding hydrogens is 591 g/mol. The zero-order valence-corrected chi connectivity index (χ0v) is 25.1. The van der Waals surface area contributed by atoms with Gasteiger partial charge in [0.2, 0.25) is 0 Å². The second-order valence-electron chi connectivity index (χ2n) is 9.88. The quantitative estimate of drug-likeness (QED) is 0.151. The molecule has 1 aromatic heterocycles. The van der Waals surface area contributed by atoms with Crippen LogP contribution in [-0.2, 0) is 43.5 Å². The van der Waals surface area contributed by atoms with E-state index < -0.39 is 30.4 Å². The van der Waals surface area contributed by atoms with Crippen LogP contribution in [0.3, 0.4) is 0 Å². The lowest BCUT2D eigenvalue weighted by atomic mass is 10.0. The Hall–Kier alpha value is -3.37. The van der Waals surface area contributed by atoms with Crippen molar-refractivity contribution < 1.29 is 28.5 Å². The monoisotopic (exact) mass is 622 g/mol. The number of carbonyl (C=O) groups is 1. The molecule has 0 aliphatic carbocycles. The van der Waals surface area contributed by atoms with Gasteiger partial charge in [0.15, 0.2) is 16.0 Å². The first-order valence-electron chi connectivity index (χ1n) is 14.0. The molecule has 1 saturated heterocycles. The van der Waals surface area contributed by atoms with Gasteiger partial charge in [-0.05, 0) is 23.6 Å². The highest BCUT2D eigenvalue weighted by atomic mass is 35.5. The lowest BCUT2D eigenvalue weighted by Gasteiger charge is -2.25. The van der Waals surface area contributed by atoms with Gasteiger partial charge in [-0.3, -0.25) is 0 Å². The largest absolute Gasteiger partial charge is 0.461 e. The van der Waals surface area contributed by atoms with E-state index in [9.17, 15) is 4.79 Å². The van der Waals surface area contributed by atoms with Crippen molar-refractivity contribution in [3.8, 4) is 0 Å². The van der Waals surface area contributed by atoms with Crippen molar-refractivity contribution >= 4 is 29.2 Å². The second-order valence-corrected chi connectivity index (χ2v) is 10.6. The lowest BCUT2D eigenvalue weighted by Crippen LogP contribution is -2.38. The Morgan fingerprint density at radius 3 is 1.84 bits per heavy atom. The SMILES string of the molecule is CCOC(=O)c1nc([C@@H]2O[C@H](COCc3ccccc3)[C@@H](OCc3ccccc3)[C@H]2OCc2ccccc2)c(Cl)nc1Cl. The summed E-state index contributed by atoms with van der Waals surface area (Å²) < 4.78 is 30.8. The maximum Gasteiger partial charge on any atom is 0.360 e. The van der Waals surface area contributed by atoms with Crippen LogP contribution >= 0.6 is 23.2 Å². The molecule has 1 fully saturated rings. The van der Waals surface area contributed by atoms with Crippen LogP contribution in [0, 0.1) is 0 Å². The molecule has 5 rings (SSSR count). The number of hydrogen-bond acceptors (Lipinski definition) is 8. The molecule has 0 saturated carbocycles. The number of carbonyl (C=O) groups excluding carboxylic acids is 1. The molecule has 3 aromatic carbocycles. The first kappa shape index (κ1) is 31.1. The molecule has 0 spiro atoms. The third-order valence-corrected chi connectivity index (χ3v) is 7.39. The highest BCUT2D eigenvalue weighted by molar-refractivity contribution is 6.34. The minimum atomic E-state index is -0.847. The van der Waals surface area contributed by atoms with Gasteiger partial charge in [0.05, 0.1) is 33.0 Å². The van der Waals surface area contributed by atoms with Crippen molar-refractivity contribution in [2.75, 3.05) is 13.2 Å². The predicted molar refractivity (Wildman–Crippen MR) is 162 cm³/mol. The molecule has 8 nitrogen and oxygen atoms in total. The zero-order valence-electron chi connectivity index (χ0n) is 23.6. The van der Waals surface area contributed by atoms with E-state index >= 15 is 0 Å². The fraction of sp³-hybridized carbons (Fsp3) is 0.303. The van der Waals surface area contributed by atoms with E-state index in [1.807, 2.05) is 91.0 Å². The van der Waals surface area contributed by atoms with E-state index in [0.29, 0.717) is 13.2 Å². The molecule has 0 bridgehead atoms. The Morgan fingerprint density at radius 1 is 0.744 bits per heavy atom. The van der Waals surface area contributed by atoms with E-state index in [1.54, 1.807) is 6.92 Å². The molecule has 10 heteroatoms. The zero-order chi connectivity index (χ0) is 30.0. The summed E-state index contributed by atoms with van der Waals surface area (Å²) in [5, 5.41) is -0.171. The summed E-state index contributed by atoms with van der Waals surface area (Å²) in [6.45, 7) is 3.03. The van der Waals surface area contributed by atoms with Crippen LogP contribution in [0.15, 0.2) is 91.0 Å². The first-order chi connectivity index (χ1) is 21.0. The Bertz CT molecular complexity index is 1460. The standard InChI is InChI=1S/C33H32Cl2N2O6/c1-2-40-33(38)27-32(35)37-31(34)26(36-27)29-30(42-20-24-16-10-5-11-17-24)28(41-19-23-14-8-4-9-15-23)25(43-29)21-39-18-22-12-6-3-7-13-22/h3-17,25,28-30H,2,18-21H2,1H3/t25-,28-,29+,30-/m1/s1. The molecule has 0 amide bonds. The summed E-state index contributed by atoms with van der Waals surface area (Å²) in [7, 11) is 0. The van der Waals surface area contributed by atoms with Gasteiger partial charge in [0, 0.05) is 0 Å². The van der Waals surface area contributed by atoms with Crippen molar-refractivity contribution in [3.63, 3.8) is 0 Å². The van der Waals surface area contributed by atoms with Crippen molar-refractivity contribution in [1.29, 1.82) is 0 Å². The van der Waals surface area contributed by atoms with E-state index in [4.69, 9.17) is 46.9 Å². The van der Waals surface area contributed by atoms with Crippen molar-refractivity contribution in [2.45, 2.75) is 51.2 Å². The summed E-state index contributed by atoms with van der Waals surface area (Å²) in [5.41, 5.74) is 3.03. The molecule has 43 heavy (non-hydrogen) atoms. The van der Waals surface area contributed by atoms with Crippen molar-refractivity contribution in [2.24, 2.45) is 0 Å². The van der Waals surface area contributed by atoms with E-state index in [-0.39, 0.29) is 41.5 Å². The van der Waals surface area contributed by atoms with Gasteiger partial charge in [-0.15, -0.1) is 0 Å². The topological polar surface area (TPSA) is 89.0 Å². The number of aromatic nitrogens is 2. The number of benzene rings is 3. The number of halogens is 2. The van der Waals surface area contributed by atoms with Gasteiger partial charge < -0.3 is 23.7 Å². The predicted octanol–water partition coefficient (Wildman–Crippen LogP) is 6.79. The molecular formula is C33H32Cl2N2O6. The average Bonchev–Trinajstić information content (AvgIpc) is 3.37. The molecule has 224 valence electrons. The summed E-state index contributed by atoms with van der Waals surface area (Å²) >= 11 is 12.8. The van der Waals surface area contributed by atoms with Gasteiger partial charge in [-0.1, -0.05) is 114 Å². The molecule has 4 atom stereocenters. The van der Waals surface area contributed by atoms with Crippen LogP contribution < -0.4 is 0 Å². The number of esters is 1. The van der Waals surface area contributed by atoms with Crippen LogP contribution in [0.2, 0.25) is 10.3 Å².